The summed E-state index contributed by atoms with van der Waals surface area (Å²) >= 11 is 0. The van der Waals surface area contributed by atoms with Crippen LogP contribution in [0.1, 0.15) is 76.0 Å². The number of nitrogens with zero attached hydrogens (tertiary/aromatic N) is 4. The highest BCUT2D eigenvalue weighted by atomic mass is 15.0. The van der Waals surface area contributed by atoms with Gasteiger partial charge in [0.05, 0.1) is 17.1 Å². The zero-order chi connectivity index (χ0) is 43.5. The van der Waals surface area contributed by atoms with Crippen molar-refractivity contribution in [1.82, 2.24) is 19.5 Å². The third-order valence-corrected chi connectivity index (χ3v) is 15.2. The van der Waals surface area contributed by atoms with E-state index in [1.165, 1.54) is 77.1 Å². The molecule has 4 nitrogen and oxygen atoms in total. The summed E-state index contributed by atoms with van der Waals surface area (Å²) in [7, 11) is 0. The SMILES string of the molecule is CC12C=CC=CC1c1cccc3ccc4c(c13)c1c2c2c(cc1n4C1CC=C(c3nc(-c4ccccc4)nc(-c4ccccc4)n3)c3ccccc31)CC(c1ccccc1)c1ccccc1-2. The molecule has 0 spiro atoms. The lowest BCUT2D eigenvalue weighted by Crippen LogP contribution is -2.30. The molecule has 312 valence electrons. The van der Waals surface area contributed by atoms with Crippen molar-refractivity contribution in [1.29, 1.82) is 0 Å². The van der Waals surface area contributed by atoms with Crippen molar-refractivity contribution in [3.63, 3.8) is 0 Å². The van der Waals surface area contributed by atoms with Crippen molar-refractivity contribution >= 4 is 38.2 Å². The molecular weight excluding hydrogens is 801 g/mol. The minimum absolute atomic E-state index is 0.0232. The molecule has 4 unspecified atom stereocenters. The molecule has 4 aliphatic carbocycles. The minimum Gasteiger partial charge on any atom is -0.332 e. The van der Waals surface area contributed by atoms with Gasteiger partial charge in [-0.2, -0.15) is 0 Å². The highest BCUT2D eigenvalue weighted by Crippen LogP contribution is 2.59. The number of rotatable bonds is 5. The van der Waals surface area contributed by atoms with Crippen LogP contribution < -0.4 is 0 Å². The van der Waals surface area contributed by atoms with E-state index in [0.717, 1.165) is 35.1 Å². The molecule has 2 aromatic heterocycles. The summed E-state index contributed by atoms with van der Waals surface area (Å²) in [5.41, 5.74) is 17.6. The number of aromatic nitrogens is 4. The number of hydrogen-bond donors (Lipinski definition) is 0. The van der Waals surface area contributed by atoms with Gasteiger partial charge in [0, 0.05) is 44.7 Å². The zero-order valence-corrected chi connectivity index (χ0v) is 36.6. The standard InChI is InChI=1S/C62H44N4/c1-62-35-16-15-30-50(62)48-29-17-24-39-31-33-52-56(54(39)48)57-53(37-42-36-49(38-18-5-2-6-19-38)44-26-12-14-28-46(44)55(42)58(57)62)66(52)51-34-32-47(43-25-11-13-27-45(43)51)61-64-59(40-20-7-3-8-21-40)63-60(65-61)41-22-9-4-10-23-41/h2-33,35,37,49-51H,34,36H2,1H3. The predicted octanol–water partition coefficient (Wildman–Crippen LogP) is 14.7. The summed E-state index contributed by atoms with van der Waals surface area (Å²) in [4.78, 5) is 15.5. The average Bonchev–Trinajstić information content (AvgIpc) is 3.66. The molecule has 10 aromatic rings. The van der Waals surface area contributed by atoms with Crippen molar-refractivity contribution in [2.24, 2.45) is 0 Å². The maximum Gasteiger partial charge on any atom is 0.164 e. The minimum atomic E-state index is -0.305. The van der Waals surface area contributed by atoms with Crippen LogP contribution in [0.4, 0.5) is 0 Å². The summed E-state index contributed by atoms with van der Waals surface area (Å²) in [6, 6.07) is 64.4. The number of fused-ring (bicyclic) bond motifs is 8. The van der Waals surface area contributed by atoms with Crippen LogP contribution in [0.2, 0.25) is 0 Å². The quantitative estimate of drug-likeness (QED) is 0.173. The maximum absolute atomic E-state index is 5.24. The third kappa shape index (κ3) is 5.36. The highest BCUT2D eigenvalue weighted by molar-refractivity contribution is 6.25. The Bertz CT molecular complexity index is 3670. The van der Waals surface area contributed by atoms with Crippen molar-refractivity contribution < 1.29 is 0 Å². The van der Waals surface area contributed by atoms with Gasteiger partial charge in [0.25, 0.3) is 0 Å². The Morgan fingerprint density at radius 3 is 1.95 bits per heavy atom. The Hall–Kier alpha value is -7.95. The summed E-state index contributed by atoms with van der Waals surface area (Å²) in [6.07, 6.45) is 13.7. The highest BCUT2D eigenvalue weighted by Gasteiger charge is 2.44. The first kappa shape index (κ1) is 37.4. The fourth-order valence-corrected chi connectivity index (χ4v) is 12.4. The molecule has 8 aromatic carbocycles. The van der Waals surface area contributed by atoms with E-state index in [9.17, 15) is 0 Å². The normalized spacial score (nSPS) is 20.0. The van der Waals surface area contributed by atoms with Gasteiger partial charge in [0.1, 0.15) is 0 Å². The smallest absolute Gasteiger partial charge is 0.164 e. The van der Waals surface area contributed by atoms with E-state index in [2.05, 4.69) is 181 Å². The summed E-state index contributed by atoms with van der Waals surface area (Å²) in [5, 5.41) is 5.45. The van der Waals surface area contributed by atoms with Gasteiger partial charge in [-0.1, -0.05) is 201 Å². The molecule has 4 heteroatoms. The monoisotopic (exact) mass is 844 g/mol. The second-order valence-corrected chi connectivity index (χ2v) is 18.7. The van der Waals surface area contributed by atoms with Gasteiger partial charge in [0.15, 0.2) is 17.5 Å². The maximum atomic E-state index is 5.24. The summed E-state index contributed by atoms with van der Waals surface area (Å²) in [6.45, 7) is 2.51. The second kappa shape index (κ2) is 14.3. The van der Waals surface area contributed by atoms with E-state index >= 15 is 0 Å². The molecule has 2 heterocycles. The molecule has 4 atom stereocenters. The summed E-state index contributed by atoms with van der Waals surface area (Å²) < 4.78 is 2.72. The summed E-state index contributed by atoms with van der Waals surface area (Å²) in [5.74, 6) is 2.46. The molecule has 0 bridgehead atoms. The molecule has 66 heavy (non-hydrogen) atoms. The van der Waals surface area contributed by atoms with Crippen LogP contribution >= 0.6 is 0 Å². The first-order valence-electron chi connectivity index (χ1n) is 23.3. The van der Waals surface area contributed by atoms with Crippen molar-refractivity contribution in [2.75, 3.05) is 0 Å². The van der Waals surface area contributed by atoms with E-state index in [0.29, 0.717) is 17.5 Å². The van der Waals surface area contributed by atoms with E-state index in [-0.39, 0.29) is 23.3 Å². The molecule has 0 N–H and O–H groups in total. The fraction of sp³-hybridized carbons (Fsp3) is 0.113. The molecule has 0 saturated carbocycles. The number of allylic oxidation sites excluding steroid dienone is 5. The van der Waals surface area contributed by atoms with Gasteiger partial charge >= 0.3 is 0 Å². The van der Waals surface area contributed by atoms with Gasteiger partial charge in [-0.15, -0.1) is 0 Å². The molecule has 0 amide bonds. The molecule has 0 fully saturated rings. The van der Waals surface area contributed by atoms with E-state index in [1.54, 1.807) is 0 Å². The van der Waals surface area contributed by atoms with Gasteiger partial charge < -0.3 is 4.57 Å². The first-order chi connectivity index (χ1) is 32.6. The molecular formula is C62H44N4. The Balaban J connectivity index is 1.05. The molecule has 0 saturated heterocycles. The van der Waals surface area contributed by atoms with E-state index in [4.69, 9.17) is 15.0 Å². The van der Waals surface area contributed by atoms with Crippen LogP contribution in [0.15, 0.2) is 206 Å². The topological polar surface area (TPSA) is 43.6 Å². The first-order valence-corrected chi connectivity index (χ1v) is 23.3. The van der Waals surface area contributed by atoms with Gasteiger partial charge in [-0.25, -0.2) is 15.0 Å². The van der Waals surface area contributed by atoms with Crippen LogP contribution in [0.5, 0.6) is 0 Å². The van der Waals surface area contributed by atoms with Crippen molar-refractivity contribution in [3.05, 3.63) is 251 Å². The largest absolute Gasteiger partial charge is 0.332 e. The van der Waals surface area contributed by atoms with Gasteiger partial charge in [-0.05, 0) is 85.8 Å². The lowest BCUT2D eigenvalue weighted by molar-refractivity contribution is 0.532. The van der Waals surface area contributed by atoms with Crippen LogP contribution in [0, 0.1) is 0 Å². The van der Waals surface area contributed by atoms with Crippen molar-refractivity contribution in [2.45, 2.75) is 43.1 Å². The predicted molar refractivity (Wildman–Crippen MR) is 270 cm³/mol. The molecule has 4 aliphatic rings. The molecule has 14 rings (SSSR count). The number of benzene rings is 8. The number of hydrogen-bond acceptors (Lipinski definition) is 3. The Morgan fingerprint density at radius 2 is 1.20 bits per heavy atom. The van der Waals surface area contributed by atoms with Crippen LogP contribution in [-0.4, -0.2) is 19.5 Å². The zero-order valence-electron chi connectivity index (χ0n) is 36.6. The Morgan fingerprint density at radius 1 is 0.545 bits per heavy atom. The average molecular weight is 845 g/mol. The Kier molecular flexibility index (Phi) is 8.10. The second-order valence-electron chi connectivity index (χ2n) is 18.7. The van der Waals surface area contributed by atoms with Crippen molar-refractivity contribution in [3.8, 4) is 33.9 Å². The molecule has 0 aliphatic heterocycles. The van der Waals surface area contributed by atoms with Crippen LogP contribution in [0.25, 0.3) is 72.1 Å². The third-order valence-electron chi connectivity index (χ3n) is 15.2. The van der Waals surface area contributed by atoms with Crippen LogP contribution in [-0.2, 0) is 11.8 Å². The van der Waals surface area contributed by atoms with E-state index < -0.39 is 0 Å². The lowest BCUT2D eigenvalue weighted by Gasteiger charge is -2.40. The Labute approximate surface area is 384 Å². The van der Waals surface area contributed by atoms with Gasteiger partial charge in [0.2, 0.25) is 0 Å². The van der Waals surface area contributed by atoms with E-state index in [1.807, 2.05) is 36.4 Å². The lowest BCUT2D eigenvalue weighted by atomic mass is 9.63. The molecule has 0 radical (unpaired) electrons. The van der Waals surface area contributed by atoms with Gasteiger partial charge in [-0.3, -0.25) is 0 Å². The van der Waals surface area contributed by atoms with Crippen LogP contribution in [0.3, 0.4) is 0 Å². The fourth-order valence-electron chi connectivity index (χ4n) is 12.4.